The SMILES string of the molecule is CCN(CC)Cc1cccc(NC(=O)c2csc(N)n2)c1. The third-order valence-electron chi connectivity index (χ3n) is 3.24. The molecule has 0 fully saturated rings. The first-order valence-corrected chi connectivity index (χ1v) is 7.84. The van der Waals surface area contributed by atoms with E-state index in [0.29, 0.717) is 10.8 Å². The van der Waals surface area contributed by atoms with Gasteiger partial charge in [-0.1, -0.05) is 26.0 Å². The number of hydrogen-bond donors (Lipinski definition) is 2. The fraction of sp³-hybridized carbons (Fsp3) is 0.333. The van der Waals surface area contributed by atoms with Gasteiger partial charge in [-0.25, -0.2) is 4.98 Å². The van der Waals surface area contributed by atoms with Gasteiger partial charge in [0.15, 0.2) is 5.13 Å². The molecule has 0 aliphatic rings. The van der Waals surface area contributed by atoms with E-state index < -0.39 is 0 Å². The highest BCUT2D eigenvalue weighted by molar-refractivity contribution is 7.13. The van der Waals surface area contributed by atoms with Crippen molar-refractivity contribution in [3.8, 4) is 0 Å². The highest BCUT2D eigenvalue weighted by Gasteiger charge is 2.10. The van der Waals surface area contributed by atoms with Crippen molar-refractivity contribution < 1.29 is 4.79 Å². The van der Waals surface area contributed by atoms with Gasteiger partial charge in [0, 0.05) is 17.6 Å². The average Bonchev–Trinajstić information content (AvgIpc) is 2.92. The van der Waals surface area contributed by atoms with E-state index >= 15 is 0 Å². The fourth-order valence-electron chi connectivity index (χ4n) is 2.04. The van der Waals surface area contributed by atoms with Gasteiger partial charge in [0.25, 0.3) is 5.91 Å². The molecule has 1 amide bonds. The van der Waals surface area contributed by atoms with Gasteiger partial charge in [-0.2, -0.15) is 0 Å². The molecule has 5 nitrogen and oxygen atoms in total. The number of nitrogens with one attached hydrogen (secondary N) is 1. The Balaban J connectivity index is 2.05. The van der Waals surface area contributed by atoms with Crippen LogP contribution in [-0.4, -0.2) is 28.9 Å². The summed E-state index contributed by atoms with van der Waals surface area (Å²) in [6, 6.07) is 7.88. The fourth-order valence-corrected chi connectivity index (χ4v) is 2.58. The second-order valence-corrected chi connectivity index (χ2v) is 5.58. The molecule has 2 aromatic rings. The number of thiazole rings is 1. The van der Waals surface area contributed by atoms with E-state index in [2.05, 4.69) is 35.1 Å². The molecule has 0 aliphatic heterocycles. The van der Waals surface area contributed by atoms with Gasteiger partial charge in [0.1, 0.15) is 5.69 Å². The molecule has 0 unspecified atom stereocenters. The minimum atomic E-state index is -0.233. The predicted octanol–water partition coefficient (Wildman–Crippen LogP) is 2.82. The minimum Gasteiger partial charge on any atom is -0.375 e. The van der Waals surface area contributed by atoms with Gasteiger partial charge in [-0.15, -0.1) is 11.3 Å². The normalized spacial score (nSPS) is 10.8. The maximum atomic E-state index is 12.0. The van der Waals surface area contributed by atoms with E-state index in [1.165, 1.54) is 16.9 Å². The Hall–Kier alpha value is -1.92. The number of hydrogen-bond acceptors (Lipinski definition) is 5. The molecule has 0 saturated heterocycles. The second kappa shape index (κ2) is 7.19. The Labute approximate surface area is 128 Å². The molecule has 0 saturated carbocycles. The molecular formula is C15H20N4OS. The molecule has 3 N–H and O–H groups in total. The summed E-state index contributed by atoms with van der Waals surface area (Å²) in [4.78, 5) is 18.3. The average molecular weight is 304 g/mol. The lowest BCUT2D eigenvalue weighted by molar-refractivity contribution is 0.102. The first-order valence-electron chi connectivity index (χ1n) is 6.96. The van der Waals surface area contributed by atoms with E-state index in [4.69, 9.17) is 5.73 Å². The van der Waals surface area contributed by atoms with E-state index in [1.54, 1.807) is 5.38 Å². The molecule has 0 atom stereocenters. The largest absolute Gasteiger partial charge is 0.375 e. The molecule has 0 radical (unpaired) electrons. The molecular weight excluding hydrogens is 284 g/mol. The van der Waals surface area contributed by atoms with Crippen LogP contribution in [0.4, 0.5) is 10.8 Å². The van der Waals surface area contributed by atoms with Gasteiger partial charge < -0.3 is 11.1 Å². The summed E-state index contributed by atoms with van der Waals surface area (Å²) in [5.41, 5.74) is 7.84. The second-order valence-electron chi connectivity index (χ2n) is 4.69. The van der Waals surface area contributed by atoms with E-state index in [9.17, 15) is 4.79 Å². The number of anilines is 2. The molecule has 0 bridgehead atoms. The van der Waals surface area contributed by atoms with E-state index in [0.717, 1.165) is 25.3 Å². The molecule has 0 aliphatic carbocycles. The van der Waals surface area contributed by atoms with Crippen LogP contribution in [-0.2, 0) is 6.54 Å². The van der Waals surface area contributed by atoms with Crippen molar-refractivity contribution in [3.63, 3.8) is 0 Å². The van der Waals surface area contributed by atoms with Crippen LogP contribution in [0.5, 0.6) is 0 Å². The number of nitrogens with two attached hydrogens (primary N) is 1. The van der Waals surface area contributed by atoms with Gasteiger partial charge in [-0.05, 0) is 30.8 Å². The Morgan fingerprint density at radius 1 is 1.38 bits per heavy atom. The van der Waals surface area contributed by atoms with Crippen LogP contribution in [0.3, 0.4) is 0 Å². The molecule has 1 heterocycles. The molecule has 21 heavy (non-hydrogen) atoms. The van der Waals surface area contributed by atoms with Gasteiger partial charge in [0.05, 0.1) is 0 Å². The van der Waals surface area contributed by atoms with Crippen molar-refractivity contribution in [2.45, 2.75) is 20.4 Å². The summed E-state index contributed by atoms with van der Waals surface area (Å²) in [6.07, 6.45) is 0. The molecule has 6 heteroatoms. The third kappa shape index (κ3) is 4.27. The number of rotatable bonds is 6. The quantitative estimate of drug-likeness (QED) is 0.861. The van der Waals surface area contributed by atoms with Crippen LogP contribution in [0, 0.1) is 0 Å². The van der Waals surface area contributed by atoms with Crippen molar-refractivity contribution in [3.05, 3.63) is 40.9 Å². The van der Waals surface area contributed by atoms with Gasteiger partial charge in [0.2, 0.25) is 0 Å². The van der Waals surface area contributed by atoms with Crippen molar-refractivity contribution in [1.29, 1.82) is 0 Å². The number of carbonyl (C=O) groups excluding carboxylic acids is 1. The first kappa shape index (κ1) is 15.5. The highest BCUT2D eigenvalue weighted by atomic mass is 32.1. The maximum Gasteiger partial charge on any atom is 0.275 e. The smallest absolute Gasteiger partial charge is 0.275 e. The van der Waals surface area contributed by atoms with Gasteiger partial charge in [-0.3, -0.25) is 9.69 Å². The number of benzene rings is 1. The standard InChI is InChI=1S/C15H20N4OS/c1-3-19(4-2)9-11-6-5-7-12(8-11)17-14(20)13-10-21-15(16)18-13/h5-8,10H,3-4,9H2,1-2H3,(H2,16,18)(H,17,20). The van der Waals surface area contributed by atoms with Crippen LogP contribution in [0.15, 0.2) is 29.6 Å². The van der Waals surface area contributed by atoms with Gasteiger partial charge >= 0.3 is 0 Å². The lowest BCUT2D eigenvalue weighted by Crippen LogP contribution is -2.22. The van der Waals surface area contributed by atoms with Crippen molar-refractivity contribution in [2.24, 2.45) is 0 Å². The summed E-state index contributed by atoms with van der Waals surface area (Å²) < 4.78 is 0. The van der Waals surface area contributed by atoms with Crippen molar-refractivity contribution >= 4 is 28.1 Å². The Kier molecular flexibility index (Phi) is 5.30. The monoisotopic (exact) mass is 304 g/mol. The molecule has 1 aromatic heterocycles. The Morgan fingerprint density at radius 2 is 2.14 bits per heavy atom. The van der Waals surface area contributed by atoms with Crippen LogP contribution < -0.4 is 11.1 Å². The topological polar surface area (TPSA) is 71.2 Å². The van der Waals surface area contributed by atoms with Crippen LogP contribution in [0.1, 0.15) is 29.9 Å². The lowest BCUT2D eigenvalue weighted by Gasteiger charge is -2.18. The van der Waals surface area contributed by atoms with E-state index in [1.807, 2.05) is 18.2 Å². The van der Waals surface area contributed by atoms with Crippen LogP contribution >= 0.6 is 11.3 Å². The molecule has 112 valence electrons. The zero-order chi connectivity index (χ0) is 15.2. The highest BCUT2D eigenvalue weighted by Crippen LogP contribution is 2.16. The predicted molar refractivity (Wildman–Crippen MR) is 87.5 cm³/mol. The maximum absolute atomic E-state index is 12.0. The number of amides is 1. The summed E-state index contributed by atoms with van der Waals surface area (Å²) in [7, 11) is 0. The summed E-state index contributed by atoms with van der Waals surface area (Å²) >= 11 is 1.26. The zero-order valence-corrected chi connectivity index (χ0v) is 13.1. The van der Waals surface area contributed by atoms with Crippen LogP contribution in [0.2, 0.25) is 0 Å². The summed E-state index contributed by atoms with van der Waals surface area (Å²) in [5.74, 6) is -0.233. The summed E-state index contributed by atoms with van der Waals surface area (Å²) in [6.45, 7) is 7.17. The number of nitrogen functional groups attached to an aromatic ring is 1. The zero-order valence-electron chi connectivity index (χ0n) is 12.3. The lowest BCUT2D eigenvalue weighted by atomic mass is 10.2. The number of aromatic nitrogens is 1. The Bertz CT molecular complexity index is 607. The van der Waals surface area contributed by atoms with E-state index in [-0.39, 0.29) is 5.91 Å². The van der Waals surface area contributed by atoms with Crippen molar-refractivity contribution in [2.75, 3.05) is 24.1 Å². The molecule has 1 aromatic carbocycles. The van der Waals surface area contributed by atoms with Crippen LogP contribution in [0.25, 0.3) is 0 Å². The first-order chi connectivity index (χ1) is 10.1. The number of carbonyl (C=O) groups is 1. The summed E-state index contributed by atoms with van der Waals surface area (Å²) in [5, 5.41) is 4.91. The van der Waals surface area contributed by atoms with Crippen molar-refractivity contribution in [1.82, 2.24) is 9.88 Å². The molecule has 2 rings (SSSR count). The number of nitrogens with zero attached hydrogens (tertiary/aromatic N) is 2. The molecule has 0 spiro atoms. The third-order valence-corrected chi connectivity index (χ3v) is 3.91. The minimum absolute atomic E-state index is 0.233. The Morgan fingerprint density at radius 3 is 2.76 bits per heavy atom.